The van der Waals surface area contributed by atoms with Crippen molar-refractivity contribution in [3.8, 4) is 23.0 Å². The molecule has 3 aliphatic heterocycles. The number of methoxy groups -OCH3 is 1. The van der Waals surface area contributed by atoms with E-state index >= 15 is 0 Å². The number of ether oxygens (including phenoxy) is 4. The van der Waals surface area contributed by atoms with Crippen molar-refractivity contribution in [2.75, 3.05) is 12.4 Å². The van der Waals surface area contributed by atoms with E-state index in [1.807, 2.05) is 30.3 Å². The Hall–Kier alpha value is -5.41. The van der Waals surface area contributed by atoms with Crippen LogP contribution in [-0.2, 0) is 36.9 Å². The number of fused-ring (bicyclic) bond motifs is 14. The van der Waals surface area contributed by atoms with Gasteiger partial charge in [0.2, 0.25) is 0 Å². The Labute approximate surface area is 344 Å². The lowest BCUT2D eigenvalue weighted by Crippen LogP contribution is -2.46. The highest BCUT2D eigenvalue weighted by Gasteiger charge is 2.50. The first-order valence-electron chi connectivity index (χ1n) is 19.7. The molecule has 3 aromatic carbocycles. The summed E-state index contributed by atoms with van der Waals surface area (Å²) in [7, 11) is 1.44. The zero-order valence-electron chi connectivity index (χ0n) is 34.9. The van der Waals surface area contributed by atoms with Gasteiger partial charge >= 0.3 is 11.8 Å². The third kappa shape index (κ3) is 8.96. The number of allylic oxidation sites excluding steroid dienone is 2. The molecule has 9 unspecified atom stereocenters. The Morgan fingerprint density at radius 3 is 2.22 bits per heavy atom. The topological polar surface area (TPSA) is 213 Å². The molecule has 14 nitrogen and oxygen atoms in total. The van der Waals surface area contributed by atoms with E-state index in [1.54, 1.807) is 39.8 Å². The first-order valence-corrected chi connectivity index (χ1v) is 19.7. The molecular weight excluding hydrogens is 760 g/mol. The van der Waals surface area contributed by atoms with Crippen LogP contribution < -0.4 is 15.4 Å². The third-order valence-electron chi connectivity index (χ3n) is 11.6. The van der Waals surface area contributed by atoms with Crippen molar-refractivity contribution in [2.24, 2.45) is 23.7 Å². The number of hydrogen-bond acceptors (Lipinski definition) is 13. The fraction of sp³-hybridized carbons (Fsp3) is 0.444. The van der Waals surface area contributed by atoms with Crippen LogP contribution in [0.1, 0.15) is 75.5 Å². The molecule has 0 aromatic heterocycles. The second-order valence-corrected chi connectivity index (χ2v) is 15.8. The fourth-order valence-electron chi connectivity index (χ4n) is 7.89. The maximum absolute atomic E-state index is 14.4. The number of Topliss-reactive ketones (excluding diaryl/α,β-unsaturated/α-hetero) is 1. The number of carbonyl (C=O) groups excluding carboxylic acids is 3. The molecule has 0 aliphatic carbocycles. The molecular formula is C45H56N2O12. The van der Waals surface area contributed by atoms with E-state index in [9.17, 15) is 39.9 Å². The quantitative estimate of drug-likeness (QED) is 0.0860. The molecule has 9 atom stereocenters. The number of nitrogens with one attached hydrogen (secondary N) is 2. The van der Waals surface area contributed by atoms with Crippen LogP contribution in [0.3, 0.4) is 0 Å². The second-order valence-electron chi connectivity index (χ2n) is 15.8. The molecule has 318 valence electrons. The van der Waals surface area contributed by atoms with Gasteiger partial charge in [-0.2, -0.15) is 0 Å². The van der Waals surface area contributed by atoms with E-state index in [0.29, 0.717) is 6.54 Å². The summed E-state index contributed by atoms with van der Waals surface area (Å²) in [4.78, 5) is 40.5. The van der Waals surface area contributed by atoms with Crippen molar-refractivity contribution in [1.82, 2.24) is 5.32 Å². The van der Waals surface area contributed by atoms with Gasteiger partial charge in [0.05, 0.1) is 41.2 Å². The summed E-state index contributed by atoms with van der Waals surface area (Å²) in [6.07, 6.45) is 3.61. The molecule has 0 saturated carbocycles. The molecule has 3 heterocycles. The van der Waals surface area contributed by atoms with Crippen molar-refractivity contribution in [3.63, 3.8) is 0 Å². The van der Waals surface area contributed by atoms with Gasteiger partial charge in [-0.3, -0.25) is 14.4 Å². The van der Waals surface area contributed by atoms with Crippen LogP contribution in [0, 0.1) is 30.6 Å². The number of esters is 1. The summed E-state index contributed by atoms with van der Waals surface area (Å²) < 4.78 is 23.6. The largest absolute Gasteiger partial charge is 0.507 e. The number of ketones is 1. The normalized spacial score (nSPS) is 27.9. The lowest BCUT2D eigenvalue weighted by atomic mass is 9.78. The third-order valence-corrected chi connectivity index (χ3v) is 11.6. The van der Waals surface area contributed by atoms with E-state index in [1.165, 1.54) is 53.2 Å². The van der Waals surface area contributed by atoms with Gasteiger partial charge in [-0.05, 0) is 25.5 Å². The van der Waals surface area contributed by atoms with E-state index in [0.717, 1.165) is 5.56 Å². The minimum atomic E-state index is -2.03. The lowest BCUT2D eigenvalue weighted by Gasteiger charge is -2.38. The summed E-state index contributed by atoms with van der Waals surface area (Å²) in [6.45, 7) is 12.8. The Morgan fingerprint density at radius 2 is 1.58 bits per heavy atom. The average Bonchev–Trinajstić information content (AvgIpc) is 3.47. The minimum absolute atomic E-state index is 0.0301. The number of benzene rings is 3. The number of aromatic hydroxyl groups is 3. The van der Waals surface area contributed by atoms with Crippen LogP contribution >= 0.6 is 0 Å². The molecule has 0 radical (unpaired) electrons. The molecule has 0 spiro atoms. The van der Waals surface area contributed by atoms with Gasteiger partial charge in [-0.25, -0.2) is 0 Å². The first kappa shape index (κ1) is 44.7. The fourth-order valence-corrected chi connectivity index (χ4v) is 7.89. The number of rotatable bonds is 6. The monoisotopic (exact) mass is 816 g/mol. The minimum Gasteiger partial charge on any atom is -0.507 e. The maximum Gasteiger partial charge on any atom is 0.312 e. The highest BCUT2D eigenvalue weighted by molar-refractivity contribution is 6.22. The predicted molar refractivity (Wildman–Crippen MR) is 221 cm³/mol. The highest BCUT2D eigenvalue weighted by atomic mass is 16.7. The molecule has 0 fully saturated rings. The van der Waals surface area contributed by atoms with E-state index < -0.39 is 88.8 Å². The maximum atomic E-state index is 14.4. The van der Waals surface area contributed by atoms with Crippen molar-refractivity contribution in [2.45, 2.75) is 98.7 Å². The number of aliphatic hydroxyl groups is 2. The van der Waals surface area contributed by atoms with E-state index in [2.05, 4.69) is 10.6 Å². The van der Waals surface area contributed by atoms with Gasteiger partial charge in [0.25, 0.3) is 11.7 Å². The molecule has 6 rings (SSSR count). The molecule has 59 heavy (non-hydrogen) atoms. The number of carbonyl (C=O) groups is 3. The summed E-state index contributed by atoms with van der Waals surface area (Å²) in [5.41, 5.74) is 0.853. The van der Waals surface area contributed by atoms with Crippen molar-refractivity contribution in [3.05, 3.63) is 88.7 Å². The van der Waals surface area contributed by atoms with Crippen LogP contribution in [-0.4, -0.2) is 80.5 Å². The van der Waals surface area contributed by atoms with Crippen molar-refractivity contribution >= 4 is 34.1 Å². The molecule has 5 bridgehead atoms. The van der Waals surface area contributed by atoms with Crippen molar-refractivity contribution < 1.29 is 58.9 Å². The number of aliphatic hydroxyl groups excluding tert-OH is 2. The predicted octanol–water partition coefficient (Wildman–Crippen LogP) is 6.04. The standard InChI is InChI=1S/C45H56N2O12/c1-22-14-13-15-23(2)44(55)47-35-30(21-46-20-29-16-11-10-12-17-29)39(52)32-33(40(35)53)38(51)27(6)42-34(32)43(54)45(8,59-42)57-19-18-31(56-9)24(3)41(58-28(7)48)26(5)37(50)25(4)36(22)49/h10-19,22,24-26,31,36-37,41,46,49-53H,20-21H2,1-9H3,(H,47,55). The van der Waals surface area contributed by atoms with Crippen LogP contribution in [0.4, 0.5) is 5.69 Å². The van der Waals surface area contributed by atoms with Gasteiger partial charge in [-0.15, -0.1) is 0 Å². The first-order chi connectivity index (χ1) is 27.8. The number of hydrogen-bond donors (Lipinski definition) is 7. The lowest BCUT2D eigenvalue weighted by molar-refractivity contribution is -0.160. The van der Waals surface area contributed by atoms with Gasteiger partial charge in [0.15, 0.2) is 5.75 Å². The Balaban J connectivity index is 1.68. The molecule has 7 N–H and O–H groups in total. The van der Waals surface area contributed by atoms with Gasteiger partial charge in [-0.1, -0.05) is 76.3 Å². The SMILES string of the molecule is COC1C=COC2(C)Oc3c(C)c(O)c4c(O)c(c(CNCc5ccccc5)c(O)c4c3C2=O)NC(=O)C(C)=CC=CC(C)C(O)C(C)C(O)C(C)C(OC(C)=O)C1C. The molecule has 3 aromatic rings. The summed E-state index contributed by atoms with van der Waals surface area (Å²) in [5, 5.41) is 63.8. The summed E-state index contributed by atoms with van der Waals surface area (Å²) in [5.74, 6) is -8.14. The molecule has 1 amide bonds. The van der Waals surface area contributed by atoms with Gasteiger partial charge < -0.3 is 55.1 Å². The number of phenols is 3. The zero-order chi connectivity index (χ0) is 43.5. The Morgan fingerprint density at radius 1 is 0.898 bits per heavy atom. The summed E-state index contributed by atoms with van der Waals surface area (Å²) >= 11 is 0. The number of amides is 1. The van der Waals surface area contributed by atoms with Crippen LogP contribution in [0.2, 0.25) is 0 Å². The second kappa shape index (κ2) is 18.2. The Bertz CT molecular complexity index is 2170. The smallest absolute Gasteiger partial charge is 0.312 e. The molecule has 0 saturated heterocycles. The average molecular weight is 817 g/mol. The number of phenolic OH excluding ortho intramolecular Hbond substituents is 3. The molecule has 14 heteroatoms. The van der Waals surface area contributed by atoms with Gasteiger partial charge in [0, 0.05) is 79.8 Å². The van der Waals surface area contributed by atoms with Crippen LogP contribution in [0.25, 0.3) is 10.8 Å². The van der Waals surface area contributed by atoms with Crippen LogP contribution in [0.15, 0.2) is 66.5 Å². The van der Waals surface area contributed by atoms with Crippen LogP contribution in [0.5, 0.6) is 23.0 Å². The Kier molecular flexibility index (Phi) is 13.8. The van der Waals surface area contributed by atoms with Crippen molar-refractivity contribution in [1.29, 1.82) is 0 Å². The van der Waals surface area contributed by atoms with Gasteiger partial charge in [0.1, 0.15) is 23.4 Å². The summed E-state index contributed by atoms with van der Waals surface area (Å²) in [6, 6.07) is 9.42. The molecule has 3 aliphatic rings. The number of anilines is 1. The highest BCUT2D eigenvalue weighted by Crippen LogP contribution is 2.55. The van der Waals surface area contributed by atoms with E-state index in [4.69, 9.17) is 18.9 Å². The van der Waals surface area contributed by atoms with E-state index in [-0.39, 0.29) is 51.0 Å². The zero-order valence-corrected chi connectivity index (χ0v) is 34.9.